The first-order valence-electron chi connectivity index (χ1n) is 10.6. The Kier molecular flexibility index (Phi) is 8.48. The second kappa shape index (κ2) is 11.1. The summed E-state index contributed by atoms with van der Waals surface area (Å²) in [6.07, 6.45) is 0.736. The smallest absolute Gasteiger partial charge is 0.347 e. The van der Waals surface area contributed by atoms with Crippen LogP contribution in [0.2, 0.25) is 0 Å². The zero-order valence-electron chi connectivity index (χ0n) is 19.5. The van der Waals surface area contributed by atoms with Crippen LogP contribution in [-0.2, 0) is 9.53 Å². The molecule has 180 valence electrons. The topological polar surface area (TPSA) is 92.0 Å². The number of esters is 1. The van der Waals surface area contributed by atoms with E-state index < -0.39 is 12.1 Å². The molecule has 2 aromatic carbocycles. The minimum absolute atomic E-state index is 0.0315. The molecule has 0 aliphatic carbocycles. The number of ether oxygens (including phenoxy) is 3. The molecule has 1 heterocycles. The SMILES string of the molecule is CCOC(=O)[C@@H](C)Oc1cc(Br)c(C=Nn2c(C(C)C)nc3ccc(Br)cc3c2=O)cc1OC. The maximum atomic E-state index is 13.2. The fourth-order valence-corrected chi connectivity index (χ4v) is 3.96. The van der Waals surface area contributed by atoms with Gasteiger partial charge in [-0.25, -0.2) is 9.78 Å². The number of nitrogens with zero attached hydrogens (tertiary/aromatic N) is 3. The van der Waals surface area contributed by atoms with Crippen LogP contribution in [0, 0.1) is 0 Å². The molecule has 0 radical (unpaired) electrons. The van der Waals surface area contributed by atoms with Crippen LogP contribution in [0.4, 0.5) is 0 Å². The first-order chi connectivity index (χ1) is 16.2. The number of methoxy groups -OCH3 is 1. The number of hydrogen-bond acceptors (Lipinski definition) is 7. The van der Waals surface area contributed by atoms with Gasteiger partial charge in [-0.2, -0.15) is 9.78 Å². The summed E-state index contributed by atoms with van der Waals surface area (Å²) in [4.78, 5) is 29.8. The van der Waals surface area contributed by atoms with Crippen LogP contribution in [0.25, 0.3) is 10.9 Å². The van der Waals surface area contributed by atoms with E-state index in [-0.39, 0.29) is 18.1 Å². The van der Waals surface area contributed by atoms with Gasteiger partial charge in [0.15, 0.2) is 17.6 Å². The van der Waals surface area contributed by atoms with Crippen molar-refractivity contribution in [1.29, 1.82) is 0 Å². The summed E-state index contributed by atoms with van der Waals surface area (Å²) in [6, 6.07) is 8.76. The largest absolute Gasteiger partial charge is 0.493 e. The molecule has 0 aliphatic heterocycles. The van der Waals surface area contributed by atoms with Crippen LogP contribution < -0.4 is 15.0 Å². The highest BCUT2D eigenvalue weighted by molar-refractivity contribution is 9.10. The van der Waals surface area contributed by atoms with E-state index in [1.165, 1.54) is 11.8 Å². The molecule has 0 saturated carbocycles. The summed E-state index contributed by atoms with van der Waals surface area (Å²) in [7, 11) is 1.50. The average molecular weight is 595 g/mol. The Morgan fingerprint density at radius 2 is 1.91 bits per heavy atom. The van der Waals surface area contributed by atoms with Crippen molar-refractivity contribution in [2.24, 2.45) is 5.10 Å². The fraction of sp³-hybridized carbons (Fsp3) is 0.333. The monoisotopic (exact) mass is 593 g/mol. The van der Waals surface area contributed by atoms with Gasteiger partial charge in [-0.1, -0.05) is 29.8 Å². The van der Waals surface area contributed by atoms with E-state index in [4.69, 9.17) is 14.2 Å². The van der Waals surface area contributed by atoms with Gasteiger partial charge in [0.25, 0.3) is 5.56 Å². The Morgan fingerprint density at radius 3 is 2.56 bits per heavy atom. The summed E-state index contributed by atoms with van der Waals surface area (Å²) in [5, 5.41) is 4.92. The summed E-state index contributed by atoms with van der Waals surface area (Å²) in [5.74, 6) is 0.808. The van der Waals surface area contributed by atoms with Crippen LogP contribution in [0.15, 0.2) is 49.2 Å². The quantitative estimate of drug-likeness (QED) is 0.261. The van der Waals surface area contributed by atoms with E-state index in [0.29, 0.717) is 38.3 Å². The Labute approximate surface area is 214 Å². The number of benzene rings is 2. The van der Waals surface area contributed by atoms with Gasteiger partial charge in [-0.15, -0.1) is 0 Å². The normalized spacial score (nSPS) is 12.4. The summed E-state index contributed by atoms with van der Waals surface area (Å²) >= 11 is 6.91. The van der Waals surface area contributed by atoms with Crippen LogP contribution >= 0.6 is 31.9 Å². The van der Waals surface area contributed by atoms with Gasteiger partial charge in [0, 0.05) is 20.4 Å². The Balaban J connectivity index is 2.02. The molecule has 0 bridgehead atoms. The molecule has 10 heteroatoms. The fourth-order valence-electron chi connectivity index (χ4n) is 3.17. The predicted molar refractivity (Wildman–Crippen MR) is 138 cm³/mol. The predicted octanol–water partition coefficient (Wildman–Crippen LogP) is 5.27. The van der Waals surface area contributed by atoms with Crippen molar-refractivity contribution in [3.8, 4) is 11.5 Å². The number of rotatable bonds is 8. The van der Waals surface area contributed by atoms with Gasteiger partial charge in [-0.3, -0.25) is 4.79 Å². The number of carbonyl (C=O) groups is 1. The highest BCUT2D eigenvalue weighted by Gasteiger charge is 2.19. The van der Waals surface area contributed by atoms with E-state index >= 15 is 0 Å². The highest BCUT2D eigenvalue weighted by atomic mass is 79.9. The van der Waals surface area contributed by atoms with Crippen molar-refractivity contribution < 1.29 is 19.0 Å². The zero-order chi connectivity index (χ0) is 25.0. The van der Waals surface area contributed by atoms with Crippen molar-refractivity contribution in [1.82, 2.24) is 9.66 Å². The Bertz CT molecular complexity index is 1300. The van der Waals surface area contributed by atoms with Gasteiger partial charge in [0.05, 0.1) is 30.8 Å². The van der Waals surface area contributed by atoms with Crippen molar-refractivity contribution in [3.05, 3.63) is 61.0 Å². The van der Waals surface area contributed by atoms with Crippen LogP contribution in [-0.4, -0.2) is 41.7 Å². The molecule has 0 spiro atoms. The lowest BCUT2D eigenvalue weighted by atomic mass is 10.2. The number of carbonyl (C=O) groups excluding carboxylic acids is 1. The van der Waals surface area contributed by atoms with E-state index in [1.54, 1.807) is 44.3 Å². The van der Waals surface area contributed by atoms with Gasteiger partial charge < -0.3 is 14.2 Å². The minimum Gasteiger partial charge on any atom is -0.493 e. The number of aromatic nitrogens is 2. The number of fused-ring (bicyclic) bond motifs is 1. The van der Waals surface area contributed by atoms with Crippen molar-refractivity contribution in [2.75, 3.05) is 13.7 Å². The molecule has 0 unspecified atom stereocenters. The molecular weight excluding hydrogens is 570 g/mol. The molecule has 0 aliphatic rings. The molecular formula is C24H25Br2N3O5. The average Bonchev–Trinajstić information content (AvgIpc) is 2.79. The minimum atomic E-state index is -0.810. The third kappa shape index (κ3) is 5.67. The second-order valence-electron chi connectivity index (χ2n) is 7.68. The molecule has 0 saturated heterocycles. The van der Waals surface area contributed by atoms with Crippen molar-refractivity contribution in [2.45, 2.75) is 39.7 Å². The lowest BCUT2D eigenvalue weighted by Crippen LogP contribution is -2.26. The van der Waals surface area contributed by atoms with Crippen LogP contribution in [0.5, 0.6) is 11.5 Å². The van der Waals surface area contributed by atoms with E-state index in [2.05, 4.69) is 41.9 Å². The number of hydrogen-bond donors (Lipinski definition) is 0. The number of halogens is 2. The van der Waals surface area contributed by atoms with Crippen LogP contribution in [0.3, 0.4) is 0 Å². The van der Waals surface area contributed by atoms with Gasteiger partial charge >= 0.3 is 5.97 Å². The molecule has 0 amide bonds. The molecule has 1 aromatic heterocycles. The van der Waals surface area contributed by atoms with E-state index in [9.17, 15) is 9.59 Å². The first-order valence-corrected chi connectivity index (χ1v) is 12.2. The van der Waals surface area contributed by atoms with Gasteiger partial charge in [0.2, 0.25) is 0 Å². The van der Waals surface area contributed by atoms with Gasteiger partial charge in [-0.05, 0) is 60.1 Å². The lowest BCUT2D eigenvalue weighted by Gasteiger charge is -2.17. The maximum Gasteiger partial charge on any atom is 0.347 e. The van der Waals surface area contributed by atoms with Crippen molar-refractivity contribution in [3.63, 3.8) is 0 Å². The highest BCUT2D eigenvalue weighted by Crippen LogP contribution is 2.34. The first kappa shape index (κ1) is 25.9. The zero-order valence-corrected chi connectivity index (χ0v) is 22.6. The van der Waals surface area contributed by atoms with Crippen molar-refractivity contribution >= 4 is 54.9 Å². The third-order valence-electron chi connectivity index (χ3n) is 4.87. The third-order valence-corrected chi connectivity index (χ3v) is 6.05. The molecule has 0 fully saturated rings. The maximum absolute atomic E-state index is 13.2. The van der Waals surface area contributed by atoms with Gasteiger partial charge in [0.1, 0.15) is 5.82 Å². The summed E-state index contributed by atoms with van der Waals surface area (Å²) in [5.41, 5.74) is 0.991. The summed E-state index contributed by atoms with van der Waals surface area (Å²) < 4.78 is 18.9. The second-order valence-corrected chi connectivity index (χ2v) is 9.45. The molecule has 1 atom stereocenters. The summed E-state index contributed by atoms with van der Waals surface area (Å²) in [6.45, 7) is 7.51. The Hall–Kier alpha value is -2.72. The van der Waals surface area contributed by atoms with Crippen LogP contribution in [0.1, 0.15) is 45.0 Å². The lowest BCUT2D eigenvalue weighted by molar-refractivity contribution is -0.150. The molecule has 0 N–H and O–H groups in total. The molecule has 8 nitrogen and oxygen atoms in total. The molecule has 34 heavy (non-hydrogen) atoms. The van der Waals surface area contributed by atoms with E-state index in [0.717, 1.165) is 4.47 Å². The Morgan fingerprint density at radius 1 is 1.18 bits per heavy atom. The standard InChI is InChI=1S/C24H25Br2N3O5/c1-6-33-24(31)14(4)34-21-11-18(26)15(9-20(21)32-5)12-27-29-22(13(2)3)28-19-8-7-16(25)10-17(19)23(29)30/h7-14H,6H2,1-5H3/t14-/m1/s1. The van der Waals surface area contributed by atoms with E-state index in [1.807, 2.05) is 19.9 Å². The molecule has 3 aromatic rings. The molecule has 3 rings (SSSR count).